The predicted octanol–water partition coefficient (Wildman–Crippen LogP) is 6.19. The number of unbranched alkanes of at least 4 members (excludes halogenated alkanes) is 4. The lowest BCUT2D eigenvalue weighted by molar-refractivity contribution is -0.137. The van der Waals surface area contributed by atoms with Crippen LogP contribution in [0.5, 0.6) is 0 Å². The summed E-state index contributed by atoms with van der Waals surface area (Å²) < 4.78 is 5.95. The molecule has 0 aromatic heterocycles. The predicted molar refractivity (Wildman–Crippen MR) is 103 cm³/mol. The van der Waals surface area contributed by atoms with Crippen molar-refractivity contribution in [2.24, 2.45) is 14.6 Å². The highest BCUT2D eigenvalue weighted by Gasteiger charge is 2.27. The van der Waals surface area contributed by atoms with Crippen molar-refractivity contribution < 1.29 is 9.90 Å². The molecule has 2 atom stereocenters. The average Bonchev–Trinajstić information content (AvgIpc) is 2.48. The van der Waals surface area contributed by atoms with E-state index < -0.39 is 5.97 Å². The molecule has 2 unspecified atom stereocenters. The van der Waals surface area contributed by atoms with E-state index in [-0.39, 0.29) is 22.3 Å². The third-order valence-electron chi connectivity index (χ3n) is 4.00. The molecule has 140 valence electrons. The van der Waals surface area contributed by atoms with Crippen molar-refractivity contribution in [3.8, 4) is 0 Å². The molecule has 0 aromatic carbocycles. The Kier molecular flexibility index (Phi) is 13.3. The first-order chi connectivity index (χ1) is 11.3. The molecular weight excluding hydrogens is 348 g/mol. The maximum Gasteiger partial charge on any atom is 0.303 e. The molecule has 24 heavy (non-hydrogen) atoms. The van der Waals surface area contributed by atoms with Gasteiger partial charge in [-0.3, -0.25) is 4.79 Å². The van der Waals surface area contributed by atoms with Crippen molar-refractivity contribution in [3.63, 3.8) is 0 Å². The van der Waals surface area contributed by atoms with E-state index in [4.69, 9.17) is 5.11 Å². The molecule has 8 heteroatoms. The van der Waals surface area contributed by atoms with E-state index in [1.54, 1.807) is 0 Å². The molecule has 0 radical (unpaired) electrons. The zero-order valence-electron chi connectivity index (χ0n) is 14.9. The largest absolute Gasteiger partial charge is 0.481 e. The number of hydrogen-bond acceptors (Lipinski definition) is 7. The molecule has 0 spiro atoms. The van der Waals surface area contributed by atoms with Crippen molar-refractivity contribution >= 4 is 29.9 Å². The SMILES string of the molecule is CC(C)(C)C(CCC(CCCCCCCC(=O)O)SN=O)SN=O. The number of carboxylic acids is 1. The lowest BCUT2D eigenvalue weighted by Crippen LogP contribution is -2.23. The van der Waals surface area contributed by atoms with E-state index >= 15 is 0 Å². The maximum atomic E-state index is 10.6. The molecule has 0 saturated heterocycles. The first kappa shape index (κ1) is 23.4. The highest BCUT2D eigenvalue weighted by Crippen LogP contribution is 2.36. The fraction of sp³-hybridized carbons (Fsp3) is 0.938. The second kappa shape index (κ2) is 13.6. The first-order valence-corrected chi connectivity index (χ1v) is 10.2. The normalized spacial score (nSPS) is 14.1. The molecule has 0 aliphatic carbocycles. The fourth-order valence-corrected chi connectivity index (χ4v) is 3.82. The van der Waals surface area contributed by atoms with Crippen molar-refractivity contribution in [1.82, 2.24) is 0 Å². The molecule has 0 rings (SSSR count). The number of nitrogens with zero attached hydrogens (tertiary/aromatic N) is 2. The highest BCUT2D eigenvalue weighted by molar-refractivity contribution is 7.98. The van der Waals surface area contributed by atoms with Crippen LogP contribution in [0.25, 0.3) is 0 Å². The summed E-state index contributed by atoms with van der Waals surface area (Å²) >= 11 is 2.18. The standard InChI is InChI=1S/C16H30N2O4S2/c1-16(2,3)14(24-18-22)12-11-13(23-17-21)9-7-5-4-6-8-10-15(19)20/h13-14H,4-12H2,1-3H3,(H,19,20). The summed E-state index contributed by atoms with van der Waals surface area (Å²) in [5, 5.41) is 8.90. The van der Waals surface area contributed by atoms with Crippen LogP contribution in [-0.2, 0) is 4.79 Å². The Hall–Kier alpha value is -0.630. The van der Waals surface area contributed by atoms with Crippen molar-refractivity contribution in [1.29, 1.82) is 0 Å². The van der Waals surface area contributed by atoms with Gasteiger partial charge in [-0.1, -0.05) is 46.5 Å². The lowest BCUT2D eigenvalue weighted by atomic mass is 9.88. The monoisotopic (exact) mass is 378 g/mol. The molecule has 0 fully saturated rings. The summed E-state index contributed by atoms with van der Waals surface area (Å²) in [7, 11) is 0. The Labute approximate surface area is 153 Å². The summed E-state index contributed by atoms with van der Waals surface area (Å²) in [4.78, 5) is 31.6. The van der Waals surface area contributed by atoms with Crippen LogP contribution in [-0.4, -0.2) is 21.6 Å². The summed E-state index contributed by atoms with van der Waals surface area (Å²) in [6, 6.07) is 0. The van der Waals surface area contributed by atoms with Crippen LogP contribution in [0.2, 0.25) is 0 Å². The molecule has 0 saturated carbocycles. The smallest absolute Gasteiger partial charge is 0.303 e. The van der Waals surface area contributed by atoms with Gasteiger partial charge < -0.3 is 5.11 Å². The Morgan fingerprint density at radius 1 is 0.917 bits per heavy atom. The van der Waals surface area contributed by atoms with Gasteiger partial charge in [-0.2, -0.15) is 0 Å². The lowest BCUT2D eigenvalue weighted by Gasteiger charge is -2.28. The third-order valence-corrected chi connectivity index (χ3v) is 6.13. The summed E-state index contributed by atoms with van der Waals surface area (Å²) in [6.07, 6.45) is 7.59. The Morgan fingerprint density at radius 3 is 2.04 bits per heavy atom. The average molecular weight is 379 g/mol. The molecule has 0 heterocycles. The molecule has 0 aromatic rings. The van der Waals surface area contributed by atoms with Gasteiger partial charge >= 0.3 is 5.97 Å². The minimum atomic E-state index is -0.736. The number of hydrogen-bond donors (Lipinski definition) is 1. The number of carboxylic acid groups (broad SMARTS) is 1. The van der Waals surface area contributed by atoms with Crippen LogP contribution in [0, 0.1) is 15.2 Å². The zero-order chi connectivity index (χ0) is 18.4. The van der Waals surface area contributed by atoms with E-state index in [0.717, 1.165) is 75.3 Å². The van der Waals surface area contributed by atoms with Gasteiger partial charge in [0.25, 0.3) is 0 Å². The van der Waals surface area contributed by atoms with Gasteiger partial charge in [0.2, 0.25) is 0 Å². The second-order valence-corrected chi connectivity index (χ2v) is 9.07. The maximum absolute atomic E-state index is 10.6. The second-order valence-electron chi connectivity index (χ2n) is 7.11. The molecule has 0 aliphatic rings. The Balaban J connectivity index is 4.05. The van der Waals surface area contributed by atoms with E-state index in [1.807, 2.05) is 0 Å². The van der Waals surface area contributed by atoms with Crippen molar-refractivity contribution in [2.45, 2.75) is 89.1 Å². The van der Waals surface area contributed by atoms with E-state index in [0.29, 0.717) is 0 Å². The third kappa shape index (κ3) is 12.8. The van der Waals surface area contributed by atoms with E-state index in [1.165, 1.54) is 0 Å². The van der Waals surface area contributed by atoms with Crippen molar-refractivity contribution in [2.75, 3.05) is 0 Å². The van der Waals surface area contributed by atoms with Gasteiger partial charge in [0.1, 0.15) is 0 Å². The van der Waals surface area contributed by atoms with Gasteiger partial charge in [0.05, 0.1) is 0 Å². The number of nitroso groups, excluding NO2 is 2. The number of rotatable bonds is 15. The minimum absolute atomic E-state index is 0.00740. The summed E-state index contributed by atoms with van der Waals surface area (Å²) in [5.41, 5.74) is -0.00740. The Morgan fingerprint density at radius 2 is 1.50 bits per heavy atom. The van der Waals surface area contributed by atoms with Gasteiger partial charge in [-0.15, -0.1) is 9.81 Å². The highest BCUT2D eigenvalue weighted by atomic mass is 32.2. The summed E-state index contributed by atoms with van der Waals surface area (Å²) in [6.45, 7) is 6.27. The first-order valence-electron chi connectivity index (χ1n) is 8.50. The molecule has 0 aliphatic heterocycles. The minimum Gasteiger partial charge on any atom is -0.481 e. The van der Waals surface area contributed by atoms with Crippen LogP contribution < -0.4 is 0 Å². The number of aliphatic carboxylic acids is 1. The molecule has 0 bridgehead atoms. The molecule has 0 amide bonds. The molecular formula is C16H30N2O4S2. The van der Waals surface area contributed by atoms with Gasteiger partial charge in [0, 0.05) is 50.0 Å². The van der Waals surface area contributed by atoms with E-state index in [2.05, 4.69) is 29.9 Å². The topological polar surface area (TPSA) is 96.2 Å². The van der Waals surface area contributed by atoms with Crippen LogP contribution in [0.4, 0.5) is 0 Å². The van der Waals surface area contributed by atoms with Gasteiger partial charge in [-0.25, -0.2) is 0 Å². The summed E-state index contributed by atoms with van der Waals surface area (Å²) in [5.74, 6) is -0.736. The fourth-order valence-electron chi connectivity index (χ4n) is 2.52. The van der Waals surface area contributed by atoms with Crippen LogP contribution in [0.15, 0.2) is 9.16 Å². The zero-order valence-corrected chi connectivity index (χ0v) is 16.5. The quantitative estimate of drug-likeness (QED) is 0.207. The van der Waals surface area contributed by atoms with E-state index in [9.17, 15) is 14.6 Å². The van der Waals surface area contributed by atoms with Crippen LogP contribution in [0.1, 0.15) is 78.6 Å². The van der Waals surface area contributed by atoms with Crippen LogP contribution >= 0.6 is 23.9 Å². The van der Waals surface area contributed by atoms with Crippen molar-refractivity contribution in [3.05, 3.63) is 9.81 Å². The van der Waals surface area contributed by atoms with Gasteiger partial charge in [0.15, 0.2) is 0 Å². The van der Waals surface area contributed by atoms with Crippen LogP contribution in [0.3, 0.4) is 0 Å². The Bertz CT molecular complexity index is 376. The number of carbonyl (C=O) groups is 1. The molecule has 6 nitrogen and oxygen atoms in total. The van der Waals surface area contributed by atoms with Gasteiger partial charge in [-0.05, 0) is 31.1 Å². The molecule has 1 N–H and O–H groups in total.